The smallest absolute Gasteiger partial charge is 0.323 e. The number of ether oxygens (including phenoxy) is 1. The number of benzene rings is 2. The van der Waals surface area contributed by atoms with Gasteiger partial charge in [0.05, 0.1) is 23.7 Å². The normalized spacial score (nSPS) is 13.3. The van der Waals surface area contributed by atoms with Crippen LogP contribution in [0.5, 0.6) is 5.75 Å². The molecule has 1 fully saturated rings. The molecule has 0 bridgehead atoms. The predicted octanol–water partition coefficient (Wildman–Crippen LogP) is 4.93. The quantitative estimate of drug-likeness (QED) is 0.343. The van der Waals surface area contributed by atoms with Gasteiger partial charge in [0.1, 0.15) is 23.5 Å². The third kappa shape index (κ3) is 4.28. The monoisotopic (exact) mass is 470 g/mol. The summed E-state index contributed by atoms with van der Waals surface area (Å²) in [6.45, 7) is 1.93. The molecule has 0 saturated heterocycles. The number of aryl methyl sites for hydroxylation is 1. The van der Waals surface area contributed by atoms with Gasteiger partial charge >= 0.3 is 6.03 Å². The van der Waals surface area contributed by atoms with E-state index in [0.717, 1.165) is 24.8 Å². The first-order valence-electron chi connectivity index (χ1n) is 11.4. The van der Waals surface area contributed by atoms with Crippen molar-refractivity contribution in [2.24, 2.45) is 0 Å². The fraction of sp³-hybridized carbons (Fsp3) is 0.231. The average molecular weight is 471 g/mol. The van der Waals surface area contributed by atoms with Crippen molar-refractivity contribution in [3.63, 3.8) is 0 Å². The van der Waals surface area contributed by atoms with Crippen LogP contribution >= 0.6 is 0 Å². The van der Waals surface area contributed by atoms with Crippen LogP contribution in [0.3, 0.4) is 0 Å². The molecule has 178 valence electrons. The predicted molar refractivity (Wildman–Crippen MR) is 135 cm³/mol. The van der Waals surface area contributed by atoms with E-state index in [0.29, 0.717) is 45.3 Å². The van der Waals surface area contributed by atoms with Gasteiger partial charge in [0, 0.05) is 23.5 Å². The van der Waals surface area contributed by atoms with Crippen molar-refractivity contribution in [1.29, 1.82) is 0 Å². The molecule has 35 heavy (non-hydrogen) atoms. The summed E-state index contributed by atoms with van der Waals surface area (Å²) in [6.07, 6.45) is 6.49. The number of ketones is 1. The minimum atomic E-state index is -0.447. The van der Waals surface area contributed by atoms with Crippen LogP contribution in [0.1, 0.15) is 46.8 Å². The lowest BCUT2D eigenvalue weighted by Gasteiger charge is -2.27. The summed E-state index contributed by atoms with van der Waals surface area (Å²) in [5.74, 6) is 0.619. The largest absolute Gasteiger partial charge is 0.495 e. The summed E-state index contributed by atoms with van der Waals surface area (Å²) in [4.78, 5) is 34.7. The number of nitrogens with zero attached hydrogens (tertiary/aromatic N) is 3. The number of hydrogen-bond donors (Lipinski definition) is 3. The van der Waals surface area contributed by atoms with E-state index in [2.05, 4.69) is 20.6 Å². The Bertz CT molecular complexity index is 1440. The Morgan fingerprint density at radius 2 is 1.94 bits per heavy atom. The van der Waals surface area contributed by atoms with Crippen LogP contribution in [0.4, 0.5) is 22.0 Å². The van der Waals surface area contributed by atoms with Gasteiger partial charge in [0.15, 0.2) is 5.78 Å². The number of anilines is 3. The van der Waals surface area contributed by atoms with Crippen LogP contribution in [-0.2, 0) is 0 Å². The zero-order valence-electron chi connectivity index (χ0n) is 19.5. The van der Waals surface area contributed by atoms with E-state index in [4.69, 9.17) is 10.5 Å². The topological polar surface area (TPSA) is 124 Å². The average Bonchev–Trinajstić information content (AvgIpc) is 3.18. The Morgan fingerprint density at radius 3 is 2.69 bits per heavy atom. The zero-order valence-corrected chi connectivity index (χ0v) is 19.5. The third-order valence-electron chi connectivity index (χ3n) is 6.34. The first-order valence-corrected chi connectivity index (χ1v) is 11.4. The van der Waals surface area contributed by atoms with Gasteiger partial charge in [-0.05, 0) is 56.0 Å². The third-order valence-corrected chi connectivity index (χ3v) is 6.34. The van der Waals surface area contributed by atoms with Crippen LogP contribution in [0.15, 0.2) is 55.0 Å². The molecular formula is C26H26N6O3. The van der Waals surface area contributed by atoms with Crippen molar-refractivity contribution in [1.82, 2.24) is 14.5 Å². The van der Waals surface area contributed by atoms with Gasteiger partial charge in [0.25, 0.3) is 0 Å². The SMILES string of the molecule is COc1ccc(C)cc1NC(=O)Nc1cccc(C(=O)c2cn(C3CCC3)c3ncnc(N)c23)c1. The zero-order chi connectivity index (χ0) is 24.5. The number of fused-ring (bicyclic) bond motifs is 1. The van der Waals surface area contributed by atoms with E-state index in [1.165, 1.54) is 6.33 Å². The summed E-state index contributed by atoms with van der Waals surface area (Å²) < 4.78 is 7.35. The van der Waals surface area contributed by atoms with Gasteiger partial charge in [0.2, 0.25) is 0 Å². The molecule has 2 aromatic carbocycles. The highest BCUT2D eigenvalue weighted by Crippen LogP contribution is 2.37. The molecule has 1 aliphatic rings. The molecule has 0 radical (unpaired) electrons. The summed E-state index contributed by atoms with van der Waals surface area (Å²) in [6, 6.07) is 12.2. The molecule has 0 spiro atoms. The Morgan fingerprint density at radius 1 is 1.11 bits per heavy atom. The standard InChI is InChI=1S/C26H26N6O3/c1-15-9-10-21(35-2)20(11-15)31-26(34)30-17-6-3-5-16(12-17)23(33)19-13-32(18-7-4-8-18)25-22(19)24(27)28-14-29-25/h3,5-6,9-14,18H,4,7-8H2,1-2H3,(H2,27,28,29)(H2,30,31,34). The van der Waals surface area contributed by atoms with Gasteiger partial charge in [-0.2, -0.15) is 0 Å². The first kappa shape index (κ1) is 22.4. The van der Waals surface area contributed by atoms with Gasteiger partial charge in [-0.1, -0.05) is 18.2 Å². The number of methoxy groups -OCH3 is 1. The number of amides is 2. The molecule has 2 aromatic heterocycles. The maximum Gasteiger partial charge on any atom is 0.323 e. The fourth-order valence-corrected chi connectivity index (χ4v) is 4.32. The number of nitrogens with two attached hydrogens (primary N) is 1. The van der Waals surface area contributed by atoms with Crippen molar-refractivity contribution in [3.05, 3.63) is 71.7 Å². The minimum Gasteiger partial charge on any atom is -0.495 e. The number of carbonyl (C=O) groups excluding carboxylic acids is 2. The maximum atomic E-state index is 13.5. The summed E-state index contributed by atoms with van der Waals surface area (Å²) >= 11 is 0. The van der Waals surface area contributed by atoms with E-state index in [1.54, 1.807) is 37.4 Å². The lowest BCUT2D eigenvalue weighted by Crippen LogP contribution is -2.20. The molecular weight excluding hydrogens is 444 g/mol. The maximum absolute atomic E-state index is 13.5. The van der Waals surface area contributed by atoms with E-state index < -0.39 is 6.03 Å². The molecule has 0 atom stereocenters. The molecule has 9 nitrogen and oxygen atoms in total. The lowest BCUT2D eigenvalue weighted by molar-refractivity contribution is 0.104. The number of urea groups is 1. The van der Waals surface area contributed by atoms with Crippen LogP contribution in [-0.4, -0.2) is 33.5 Å². The van der Waals surface area contributed by atoms with Gasteiger partial charge < -0.3 is 25.7 Å². The second kappa shape index (κ2) is 9.09. The van der Waals surface area contributed by atoms with E-state index in [-0.39, 0.29) is 11.6 Å². The molecule has 4 N–H and O–H groups in total. The molecule has 0 aliphatic heterocycles. The molecule has 2 heterocycles. The summed E-state index contributed by atoms with van der Waals surface area (Å²) in [7, 11) is 1.54. The van der Waals surface area contributed by atoms with Crippen LogP contribution in [0, 0.1) is 6.92 Å². The van der Waals surface area contributed by atoms with Crippen molar-refractivity contribution in [3.8, 4) is 5.75 Å². The van der Waals surface area contributed by atoms with Crippen LogP contribution < -0.4 is 21.1 Å². The van der Waals surface area contributed by atoms with Gasteiger partial charge in [-0.25, -0.2) is 14.8 Å². The molecule has 1 aliphatic carbocycles. The minimum absolute atomic E-state index is 0.209. The van der Waals surface area contributed by atoms with E-state index in [9.17, 15) is 9.59 Å². The first-order chi connectivity index (χ1) is 16.9. The van der Waals surface area contributed by atoms with Crippen molar-refractivity contribution < 1.29 is 14.3 Å². The van der Waals surface area contributed by atoms with Crippen molar-refractivity contribution in [2.45, 2.75) is 32.2 Å². The summed E-state index contributed by atoms with van der Waals surface area (Å²) in [5.41, 5.74) is 9.72. The number of nitrogen functional groups attached to an aromatic ring is 1. The molecule has 0 unspecified atom stereocenters. The lowest BCUT2D eigenvalue weighted by atomic mass is 9.93. The van der Waals surface area contributed by atoms with Crippen molar-refractivity contribution in [2.75, 3.05) is 23.5 Å². The Labute approximate surface area is 202 Å². The molecule has 5 rings (SSSR count). The highest BCUT2D eigenvalue weighted by atomic mass is 16.5. The Kier molecular flexibility index (Phi) is 5.82. The van der Waals surface area contributed by atoms with Gasteiger partial charge in [-0.15, -0.1) is 0 Å². The highest BCUT2D eigenvalue weighted by molar-refractivity contribution is 6.18. The number of aromatic nitrogens is 3. The molecule has 2 amide bonds. The molecule has 9 heteroatoms. The number of nitrogens with one attached hydrogen (secondary N) is 2. The second-order valence-electron chi connectivity index (χ2n) is 8.69. The van der Waals surface area contributed by atoms with E-state index >= 15 is 0 Å². The summed E-state index contributed by atoms with van der Waals surface area (Å²) in [5, 5.41) is 6.14. The molecule has 1 saturated carbocycles. The second-order valence-corrected chi connectivity index (χ2v) is 8.69. The van der Waals surface area contributed by atoms with E-state index in [1.807, 2.05) is 29.8 Å². The van der Waals surface area contributed by atoms with Crippen molar-refractivity contribution >= 4 is 40.0 Å². The number of hydrogen-bond acceptors (Lipinski definition) is 6. The van der Waals surface area contributed by atoms with Crippen LogP contribution in [0.25, 0.3) is 11.0 Å². The van der Waals surface area contributed by atoms with Crippen LogP contribution in [0.2, 0.25) is 0 Å². The Hall–Kier alpha value is -4.40. The Balaban J connectivity index is 1.41. The molecule has 4 aromatic rings. The van der Waals surface area contributed by atoms with Gasteiger partial charge in [-0.3, -0.25) is 4.79 Å². The highest BCUT2D eigenvalue weighted by Gasteiger charge is 2.26. The number of carbonyl (C=O) groups is 2. The fourth-order valence-electron chi connectivity index (χ4n) is 4.32. The number of rotatable bonds is 6.